The highest BCUT2D eigenvalue weighted by Crippen LogP contribution is 2.24. The van der Waals surface area contributed by atoms with Gasteiger partial charge in [0.05, 0.1) is 5.69 Å². The van der Waals surface area contributed by atoms with Crippen molar-refractivity contribution in [2.75, 3.05) is 6.54 Å². The number of benzene rings is 1. The van der Waals surface area contributed by atoms with Crippen molar-refractivity contribution in [1.82, 2.24) is 14.7 Å². The molecule has 0 aliphatic rings. The minimum atomic E-state index is 0.115. The van der Waals surface area contributed by atoms with Gasteiger partial charge in [-0.3, -0.25) is 9.20 Å². The van der Waals surface area contributed by atoms with Crippen molar-refractivity contribution in [2.24, 2.45) is 0 Å². The number of aromatic nitrogens is 2. The molecular weight excluding hydrogens is 294 g/mol. The zero-order chi connectivity index (χ0) is 15.4. The lowest BCUT2D eigenvalue weighted by Crippen LogP contribution is -2.24. The third-order valence-electron chi connectivity index (χ3n) is 3.53. The fourth-order valence-electron chi connectivity index (χ4n) is 2.35. The minimum Gasteiger partial charge on any atom is -0.356 e. The van der Waals surface area contributed by atoms with E-state index < -0.39 is 0 Å². The van der Waals surface area contributed by atoms with Crippen LogP contribution >= 0.6 is 11.3 Å². The molecule has 5 heteroatoms. The van der Waals surface area contributed by atoms with Crippen molar-refractivity contribution >= 4 is 22.2 Å². The van der Waals surface area contributed by atoms with Gasteiger partial charge in [0.15, 0.2) is 4.96 Å². The Balaban J connectivity index is 1.75. The number of carbonyl (C=O) groups excluding carboxylic acids is 1. The summed E-state index contributed by atoms with van der Waals surface area (Å²) < 4.78 is 2.10. The number of thiazole rings is 1. The summed E-state index contributed by atoms with van der Waals surface area (Å²) in [6.07, 6.45) is 4.28. The molecule has 0 spiro atoms. The number of nitrogens with zero attached hydrogens (tertiary/aromatic N) is 2. The summed E-state index contributed by atoms with van der Waals surface area (Å²) in [6.45, 7) is 2.81. The van der Waals surface area contributed by atoms with Crippen molar-refractivity contribution in [2.45, 2.75) is 26.2 Å². The first-order chi connectivity index (χ1) is 10.8. The monoisotopic (exact) mass is 313 g/mol. The van der Waals surface area contributed by atoms with Gasteiger partial charge in [0, 0.05) is 35.8 Å². The molecule has 3 aromatic rings. The maximum atomic E-state index is 11.7. The SMILES string of the molecule is CCCNC(=O)CCc1csc2nc(-c3ccccc3)cn12. The minimum absolute atomic E-state index is 0.115. The third-order valence-corrected chi connectivity index (χ3v) is 4.42. The fraction of sp³-hybridized carbons (Fsp3) is 0.294. The van der Waals surface area contributed by atoms with Gasteiger partial charge in [0.25, 0.3) is 0 Å². The van der Waals surface area contributed by atoms with Crippen molar-refractivity contribution in [1.29, 1.82) is 0 Å². The molecular formula is C17H19N3OS. The number of imidazole rings is 1. The molecule has 0 aliphatic heterocycles. The Labute approximate surface area is 133 Å². The average molecular weight is 313 g/mol. The van der Waals surface area contributed by atoms with Crippen LogP contribution in [0.15, 0.2) is 41.9 Å². The third kappa shape index (κ3) is 3.20. The second-order valence-electron chi connectivity index (χ2n) is 5.22. The molecule has 1 N–H and O–H groups in total. The van der Waals surface area contributed by atoms with Gasteiger partial charge < -0.3 is 5.32 Å². The molecule has 0 unspecified atom stereocenters. The highest BCUT2D eigenvalue weighted by molar-refractivity contribution is 7.15. The first-order valence-corrected chi connectivity index (χ1v) is 8.43. The maximum absolute atomic E-state index is 11.7. The Hall–Kier alpha value is -2.14. The number of hydrogen-bond acceptors (Lipinski definition) is 3. The molecule has 0 saturated carbocycles. The second-order valence-corrected chi connectivity index (χ2v) is 6.06. The molecule has 0 fully saturated rings. The van der Waals surface area contributed by atoms with Crippen LogP contribution in [0.3, 0.4) is 0 Å². The molecule has 2 aromatic heterocycles. The largest absolute Gasteiger partial charge is 0.356 e. The lowest BCUT2D eigenvalue weighted by molar-refractivity contribution is -0.121. The van der Waals surface area contributed by atoms with E-state index >= 15 is 0 Å². The molecule has 22 heavy (non-hydrogen) atoms. The van der Waals surface area contributed by atoms with Crippen LogP contribution in [-0.4, -0.2) is 21.8 Å². The predicted octanol–water partition coefficient (Wildman–Crippen LogP) is 3.52. The van der Waals surface area contributed by atoms with Crippen molar-refractivity contribution in [3.8, 4) is 11.3 Å². The topological polar surface area (TPSA) is 46.4 Å². The number of fused-ring (bicyclic) bond motifs is 1. The van der Waals surface area contributed by atoms with E-state index in [9.17, 15) is 4.79 Å². The first-order valence-electron chi connectivity index (χ1n) is 7.55. The van der Waals surface area contributed by atoms with Crippen LogP contribution in [0.4, 0.5) is 0 Å². The fourth-order valence-corrected chi connectivity index (χ4v) is 3.26. The summed E-state index contributed by atoms with van der Waals surface area (Å²) in [7, 11) is 0. The van der Waals surface area contributed by atoms with Crippen LogP contribution in [0.2, 0.25) is 0 Å². The normalized spacial score (nSPS) is 11.0. The first kappa shape index (κ1) is 14.8. The van der Waals surface area contributed by atoms with E-state index in [1.165, 1.54) is 0 Å². The number of hydrogen-bond donors (Lipinski definition) is 1. The molecule has 0 saturated heterocycles. The lowest BCUT2D eigenvalue weighted by atomic mass is 10.2. The van der Waals surface area contributed by atoms with Gasteiger partial charge in [-0.05, 0) is 12.8 Å². The number of rotatable bonds is 6. The van der Waals surface area contributed by atoms with E-state index in [0.29, 0.717) is 6.42 Å². The summed E-state index contributed by atoms with van der Waals surface area (Å²) in [4.78, 5) is 17.4. The van der Waals surface area contributed by atoms with E-state index in [1.54, 1.807) is 11.3 Å². The maximum Gasteiger partial charge on any atom is 0.220 e. The van der Waals surface area contributed by atoms with Gasteiger partial charge in [-0.2, -0.15) is 0 Å². The molecule has 1 aromatic carbocycles. The average Bonchev–Trinajstić information content (AvgIpc) is 3.12. The summed E-state index contributed by atoms with van der Waals surface area (Å²) >= 11 is 1.62. The smallest absolute Gasteiger partial charge is 0.220 e. The van der Waals surface area contributed by atoms with Crippen molar-refractivity contribution in [3.63, 3.8) is 0 Å². The van der Waals surface area contributed by atoms with E-state index in [2.05, 4.69) is 45.3 Å². The molecule has 114 valence electrons. The van der Waals surface area contributed by atoms with Crippen molar-refractivity contribution < 1.29 is 4.79 Å². The van der Waals surface area contributed by atoms with Crippen molar-refractivity contribution in [3.05, 3.63) is 47.6 Å². The Morgan fingerprint density at radius 1 is 1.32 bits per heavy atom. The van der Waals surface area contributed by atoms with Crippen LogP contribution in [0.1, 0.15) is 25.5 Å². The van der Waals surface area contributed by atoms with Crippen LogP contribution in [0.25, 0.3) is 16.2 Å². The molecule has 0 atom stereocenters. The number of carbonyl (C=O) groups is 1. The van der Waals surface area contributed by atoms with Crippen LogP contribution in [0.5, 0.6) is 0 Å². The van der Waals surface area contributed by atoms with E-state index in [-0.39, 0.29) is 5.91 Å². The number of amides is 1. The van der Waals surface area contributed by atoms with E-state index in [0.717, 1.165) is 41.3 Å². The number of aryl methyl sites for hydroxylation is 1. The Morgan fingerprint density at radius 2 is 2.14 bits per heavy atom. The Kier molecular flexibility index (Phi) is 4.53. The summed E-state index contributed by atoms with van der Waals surface area (Å²) in [5, 5.41) is 5.00. The molecule has 0 bridgehead atoms. The quantitative estimate of drug-likeness (QED) is 0.757. The summed E-state index contributed by atoms with van der Waals surface area (Å²) in [6, 6.07) is 10.2. The molecule has 1 amide bonds. The predicted molar refractivity (Wildman–Crippen MR) is 90.1 cm³/mol. The Bertz CT molecular complexity index is 761. The highest BCUT2D eigenvalue weighted by atomic mass is 32.1. The molecule has 3 rings (SSSR count). The van der Waals surface area contributed by atoms with Gasteiger partial charge in [0.1, 0.15) is 0 Å². The zero-order valence-electron chi connectivity index (χ0n) is 12.6. The number of nitrogens with one attached hydrogen (secondary N) is 1. The van der Waals surface area contributed by atoms with Crippen LogP contribution in [0, 0.1) is 0 Å². The van der Waals surface area contributed by atoms with Gasteiger partial charge in [-0.25, -0.2) is 4.98 Å². The summed E-state index contributed by atoms with van der Waals surface area (Å²) in [5.41, 5.74) is 3.23. The highest BCUT2D eigenvalue weighted by Gasteiger charge is 2.10. The molecule has 2 heterocycles. The zero-order valence-corrected chi connectivity index (χ0v) is 13.4. The van der Waals surface area contributed by atoms with E-state index in [1.807, 2.05) is 18.2 Å². The standard InChI is InChI=1S/C17H19N3OS/c1-2-10-18-16(21)9-8-14-12-22-17-19-15(11-20(14)17)13-6-4-3-5-7-13/h3-7,11-12H,2,8-10H2,1H3,(H,18,21). The molecule has 4 nitrogen and oxygen atoms in total. The molecule has 0 aliphatic carbocycles. The van der Waals surface area contributed by atoms with E-state index in [4.69, 9.17) is 0 Å². The molecule has 0 radical (unpaired) electrons. The van der Waals surface area contributed by atoms with Gasteiger partial charge in [-0.1, -0.05) is 37.3 Å². The lowest BCUT2D eigenvalue weighted by Gasteiger charge is -2.02. The van der Waals surface area contributed by atoms with Gasteiger partial charge >= 0.3 is 0 Å². The summed E-state index contributed by atoms with van der Waals surface area (Å²) in [5.74, 6) is 0.115. The van der Waals surface area contributed by atoms with Gasteiger partial charge in [0.2, 0.25) is 5.91 Å². The van der Waals surface area contributed by atoms with Crippen LogP contribution < -0.4 is 5.32 Å². The van der Waals surface area contributed by atoms with Crippen LogP contribution in [-0.2, 0) is 11.2 Å². The van der Waals surface area contributed by atoms with Gasteiger partial charge in [-0.15, -0.1) is 11.3 Å². The second kappa shape index (κ2) is 6.75. The Morgan fingerprint density at radius 3 is 2.91 bits per heavy atom.